The largest absolute Gasteiger partial charge is 0.367 e. The van der Waals surface area contributed by atoms with Gasteiger partial charge in [-0.2, -0.15) is 0 Å². The van der Waals surface area contributed by atoms with Gasteiger partial charge in [0.1, 0.15) is 5.82 Å². The molecule has 0 aromatic heterocycles. The maximum Gasteiger partial charge on any atom is 0.129 e. The summed E-state index contributed by atoms with van der Waals surface area (Å²) < 4.78 is 13.9. The molecule has 0 spiro atoms. The Kier molecular flexibility index (Phi) is 5.13. The predicted octanol–water partition coefficient (Wildman–Crippen LogP) is 3.70. The van der Waals surface area contributed by atoms with Crippen LogP contribution in [0.5, 0.6) is 0 Å². The van der Waals surface area contributed by atoms with Gasteiger partial charge in [0.25, 0.3) is 0 Å². The van der Waals surface area contributed by atoms with Crippen LogP contribution in [-0.2, 0) is 13.1 Å². The second-order valence-electron chi connectivity index (χ2n) is 4.89. The fourth-order valence-electron chi connectivity index (χ4n) is 2.27. The van der Waals surface area contributed by atoms with Crippen LogP contribution >= 0.6 is 0 Å². The topological polar surface area (TPSA) is 29.3 Å². The quantitative estimate of drug-likeness (QED) is 0.868. The molecule has 3 heteroatoms. The first-order chi connectivity index (χ1) is 9.74. The zero-order valence-electron chi connectivity index (χ0n) is 11.8. The fourth-order valence-corrected chi connectivity index (χ4v) is 2.27. The second kappa shape index (κ2) is 7.06. The standard InChI is InChI=1S/C17H21FN2/c1-2-10-20(13-14-6-4-3-5-7-14)16-9-8-15(12-19)17(18)11-16/h3-9,11H,2,10,12-13,19H2,1H3. The van der Waals surface area contributed by atoms with Crippen molar-refractivity contribution in [1.29, 1.82) is 0 Å². The lowest BCUT2D eigenvalue weighted by Gasteiger charge is -2.25. The molecule has 0 atom stereocenters. The van der Waals surface area contributed by atoms with Crippen LogP contribution in [0, 0.1) is 5.82 Å². The molecule has 0 heterocycles. The molecule has 0 saturated carbocycles. The fraction of sp³-hybridized carbons (Fsp3) is 0.294. The van der Waals surface area contributed by atoms with E-state index >= 15 is 0 Å². The van der Waals surface area contributed by atoms with Crippen molar-refractivity contribution in [2.75, 3.05) is 11.4 Å². The van der Waals surface area contributed by atoms with E-state index in [4.69, 9.17) is 5.73 Å². The molecule has 0 radical (unpaired) electrons. The molecule has 0 aliphatic rings. The Morgan fingerprint density at radius 3 is 2.45 bits per heavy atom. The molecule has 2 rings (SSSR count). The van der Waals surface area contributed by atoms with E-state index in [1.165, 1.54) is 5.56 Å². The number of nitrogens with zero attached hydrogens (tertiary/aromatic N) is 1. The van der Waals surface area contributed by atoms with Gasteiger partial charge < -0.3 is 10.6 Å². The summed E-state index contributed by atoms with van der Waals surface area (Å²) in [5.74, 6) is -0.223. The Morgan fingerprint density at radius 2 is 1.85 bits per heavy atom. The lowest BCUT2D eigenvalue weighted by molar-refractivity contribution is 0.609. The van der Waals surface area contributed by atoms with Crippen molar-refractivity contribution in [2.45, 2.75) is 26.4 Å². The van der Waals surface area contributed by atoms with Gasteiger partial charge in [0.15, 0.2) is 0 Å². The third-order valence-corrected chi connectivity index (χ3v) is 3.33. The molecule has 2 aromatic carbocycles. The van der Waals surface area contributed by atoms with Crippen molar-refractivity contribution in [1.82, 2.24) is 0 Å². The smallest absolute Gasteiger partial charge is 0.129 e. The summed E-state index contributed by atoms with van der Waals surface area (Å²) in [5, 5.41) is 0. The van der Waals surface area contributed by atoms with Crippen LogP contribution < -0.4 is 10.6 Å². The number of anilines is 1. The number of halogens is 1. The van der Waals surface area contributed by atoms with Crippen molar-refractivity contribution >= 4 is 5.69 Å². The number of rotatable bonds is 6. The van der Waals surface area contributed by atoms with Crippen LogP contribution in [0.15, 0.2) is 48.5 Å². The highest BCUT2D eigenvalue weighted by Gasteiger charge is 2.09. The maximum atomic E-state index is 13.9. The summed E-state index contributed by atoms with van der Waals surface area (Å²) >= 11 is 0. The minimum Gasteiger partial charge on any atom is -0.367 e. The van der Waals surface area contributed by atoms with E-state index in [0.717, 1.165) is 25.2 Å². The molecule has 0 fully saturated rings. The van der Waals surface area contributed by atoms with Gasteiger partial charge in [-0.25, -0.2) is 4.39 Å². The summed E-state index contributed by atoms with van der Waals surface area (Å²) in [6.07, 6.45) is 1.02. The van der Waals surface area contributed by atoms with Crippen molar-refractivity contribution in [2.24, 2.45) is 5.73 Å². The Morgan fingerprint density at radius 1 is 1.10 bits per heavy atom. The van der Waals surface area contributed by atoms with Gasteiger partial charge in [-0.15, -0.1) is 0 Å². The highest BCUT2D eigenvalue weighted by atomic mass is 19.1. The second-order valence-corrected chi connectivity index (χ2v) is 4.89. The van der Waals surface area contributed by atoms with Gasteiger partial charge in [0.05, 0.1) is 0 Å². The Hall–Kier alpha value is -1.87. The molecular formula is C17H21FN2. The summed E-state index contributed by atoms with van der Waals surface area (Å²) in [6.45, 7) is 4.05. The third kappa shape index (κ3) is 3.58. The van der Waals surface area contributed by atoms with E-state index in [9.17, 15) is 4.39 Å². The third-order valence-electron chi connectivity index (χ3n) is 3.33. The van der Waals surface area contributed by atoms with Crippen molar-refractivity contribution in [3.63, 3.8) is 0 Å². The first kappa shape index (κ1) is 14.5. The summed E-state index contributed by atoms with van der Waals surface area (Å²) in [5.41, 5.74) is 8.20. The van der Waals surface area contributed by atoms with Gasteiger partial charge in [0, 0.05) is 30.9 Å². The van der Waals surface area contributed by atoms with Crippen molar-refractivity contribution < 1.29 is 4.39 Å². The van der Waals surface area contributed by atoms with Gasteiger partial charge in [-0.1, -0.05) is 43.3 Å². The Labute approximate surface area is 120 Å². The van der Waals surface area contributed by atoms with Gasteiger partial charge in [-0.3, -0.25) is 0 Å². The number of nitrogens with two attached hydrogens (primary N) is 1. The van der Waals surface area contributed by atoms with E-state index < -0.39 is 0 Å². The summed E-state index contributed by atoms with van der Waals surface area (Å²) in [4.78, 5) is 2.19. The molecule has 2 nitrogen and oxygen atoms in total. The maximum absolute atomic E-state index is 13.9. The van der Waals surface area contributed by atoms with Gasteiger partial charge in [0.2, 0.25) is 0 Å². The van der Waals surface area contributed by atoms with Gasteiger partial charge >= 0.3 is 0 Å². The monoisotopic (exact) mass is 272 g/mol. The minimum absolute atomic E-state index is 0.223. The van der Waals surface area contributed by atoms with E-state index in [0.29, 0.717) is 5.56 Å². The zero-order valence-corrected chi connectivity index (χ0v) is 11.8. The SMILES string of the molecule is CCCN(Cc1ccccc1)c1ccc(CN)c(F)c1. The Bertz CT molecular complexity index is 540. The average molecular weight is 272 g/mol. The van der Waals surface area contributed by atoms with Crippen LogP contribution in [0.25, 0.3) is 0 Å². The van der Waals surface area contributed by atoms with E-state index in [-0.39, 0.29) is 12.4 Å². The first-order valence-corrected chi connectivity index (χ1v) is 7.02. The van der Waals surface area contributed by atoms with Crippen molar-refractivity contribution in [3.8, 4) is 0 Å². The highest BCUT2D eigenvalue weighted by Crippen LogP contribution is 2.21. The van der Waals surface area contributed by atoms with Crippen LogP contribution in [0.1, 0.15) is 24.5 Å². The van der Waals surface area contributed by atoms with E-state index in [1.807, 2.05) is 24.3 Å². The average Bonchev–Trinajstić information content (AvgIpc) is 2.48. The lowest BCUT2D eigenvalue weighted by Crippen LogP contribution is -2.23. The molecule has 106 valence electrons. The van der Waals surface area contributed by atoms with Crippen LogP contribution in [-0.4, -0.2) is 6.54 Å². The molecule has 0 unspecified atom stereocenters. The highest BCUT2D eigenvalue weighted by molar-refractivity contribution is 5.48. The summed E-state index contributed by atoms with van der Waals surface area (Å²) in [7, 11) is 0. The molecule has 0 aliphatic heterocycles. The molecular weight excluding hydrogens is 251 g/mol. The Balaban J connectivity index is 2.22. The van der Waals surface area contributed by atoms with Crippen LogP contribution in [0.3, 0.4) is 0 Å². The van der Waals surface area contributed by atoms with E-state index in [2.05, 4.69) is 24.0 Å². The number of benzene rings is 2. The zero-order chi connectivity index (χ0) is 14.4. The van der Waals surface area contributed by atoms with Gasteiger partial charge in [-0.05, 0) is 24.1 Å². The molecule has 2 aromatic rings. The van der Waals surface area contributed by atoms with Crippen LogP contribution in [0.2, 0.25) is 0 Å². The van der Waals surface area contributed by atoms with E-state index in [1.54, 1.807) is 12.1 Å². The predicted molar refractivity (Wildman–Crippen MR) is 82.1 cm³/mol. The number of hydrogen-bond donors (Lipinski definition) is 1. The molecule has 20 heavy (non-hydrogen) atoms. The summed E-state index contributed by atoms with van der Waals surface area (Å²) in [6, 6.07) is 15.5. The first-order valence-electron chi connectivity index (χ1n) is 7.02. The normalized spacial score (nSPS) is 10.6. The molecule has 0 saturated heterocycles. The minimum atomic E-state index is -0.223. The molecule has 0 amide bonds. The lowest BCUT2D eigenvalue weighted by atomic mass is 10.1. The molecule has 0 bridgehead atoms. The van der Waals surface area contributed by atoms with Crippen LogP contribution in [0.4, 0.5) is 10.1 Å². The molecule has 2 N–H and O–H groups in total. The molecule has 0 aliphatic carbocycles. The van der Waals surface area contributed by atoms with Crippen molar-refractivity contribution in [3.05, 3.63) is 65.5 Å². The number of hydrogen-bond acceptors (Lipinski definition) is 2.